The lowest BCUT2D eigenvalue weighted by molar-refractivity contribution is 0.0696. The van der Waals surface area contributed by atoms with Crippen LogP contribution in [0.1, 0.15) is 43.5 Å². The molecule has 1 aromatic heterocycles. The molecule has 0 atom stereocenters. The van der Waals surface area contributed by atoms with Gasteiger partial charge in [-0.1, -0.05) is 26.7 Å². The van der Waals surface area contributed by atoms with E-state index in [1.165, 1.54) is 18.5 Å². The summed E-state index contributed by atoms with van der Waals surface area (Å²) >= 11 is 0. The van der Waals surface area contributed by atoms with Gasteiger partial charge in [-0.3, -0.25) is 4.98 Å². The topological polar surface area (TPSA) is 91.3 Å². The Morgan fingerprint density at radius 1 is 1.30 bits per heavy atom. The molecule has 2 amide bonds. The number of hydrogen-bond acceptors (Lipinski definition) is 3. The number of aromatic carboxylic acids is 1. The Hall–Kier alpha value is -2.11. The number of nitrogens with one attached hydrogen (secondary N) is 2. The molecule has 0 bridgehead atoms. The lowest BCUT2D eigenvalue weighted by Crippen LogP contribution is -2.29. The van der Waals surface area contributed by atoms with E-state index in [1.54, 1.807) is 0 Å². The van der Waals surface area contributed by atoms with Gasteiger partial charge >= 0.3 is 12.0 Å². The van der Waals surface area contributed by atoms with E-state index in [4.69, 9.17) is 5.11 Å². The number of carboxylic acid groups (broad SMARTS) is 1. The molecule has 1 rings (SSSR count). The van der Waals surface area contributed by atoms with Gasteiger partial charge in [0.2, 0.25) is 0 Å². The van der Waals surface area contributed by atoms with Gasteiger partial charge in [-0.25, -0.2) is 9.59 Å². The molecule has 0 aliphatic rings. The zero-order valence-electron chi connectivity index (χ0n) is 11.8. The predicted molar refractivity (Wildman–Crippen MR) is 76.9 cm³/mol. The largest absolute Gasteiger partial charge is 0.478 e. The highest BCUT2D eigenvalue weighted by Gasteiger charge is 2.06. The van der Waals surface area contributed by atoms with Crippen molar-refractivity contribution in [1.82, 2.24) is 10.3 Å². The monoisotopic (exact) mass is 279 g/mol. The molecule has 1 heterocycles. The lowest BCUT2D eigenvalue weighted by Gasteiger charge is -2.08. The zero-order valence-corrected chi connectivity index (χ0v) is 11.8. The normalized spacial score (nSPS) is 10.3. The van der Waals surface area contributed by atoms with E-state index in [0.717, 1.165) is 19.3 Å². The van der Waals surface area contributed by atoms with E-state index in [-0.39, 0.29) is 11.6 Å². The zero-order chi connectivity index (χ0) is 15.0. The molecule has 0 aliphatic heterocycles. The number of pyridine rings is 1. The van der Waals surface area contributed by atoms with E-state index in [2.05, 4.69) is 29.5 Å². The van der Waals surface area contributed by atoms with Gasteiger partial charge < -0.3 is 15.7 Å². The van der Waals surface area contributed by atoms with Crippen LogP contribution < -0.4 is 10.6 Å². The molecule has 3 N–H and O–H groups in total. The average molecular weight is 279 g/mol. The fraction of sp³-hybridized carbons (Fsp3) is 0.500. The van der Waals surface area contributed by atoms with Gasteiger partial charge in [0.15, 0.2) is 0 Å². The number of rotatable bonds is 7. The van der Waals surface area contributed by atoms with Crippen molar-refractivity contribution >= 4 is 17.7 Å². The quantitative estimate of drug-likeness (QED) is 0.669. The van der Waals surface area contributed by atoms with Crippen LogP contribution in [0.3, 0.4) is 0 Å². The first-order chi connectivity index (χ1) is 9.49. The lowest BCUT2D eigenvalue weighted by atomic mass is 10.1. The molecule has 6 nitrogen and oxygen atoms in total. The Morgan fingerprint density at radius 2 is 2.05 bits per heavy atom. The first-order valence-electron chi connectivity index (χ1n) is 6.72. The van der Waals surface area contributed by atoms with Crippen molar-refractivity contribution < 1.29 is 14.7 Å². The number of carbonyl (C=O) groups excluding carboxylic acids is 1. The van der Waals surface area contributed by atoms with Crippen molar-refractivity contribution in [3.8, 4) is 0 Å². The summed E-state index contributed by atoms with van der Waals surface area (Å²) in [5.41, 5.74) is 0.407. The summed E-state index contributed by atoms with van der Waals surface area (Å²) in [6.07, 6.45) is 5.79. The van der Waals surface area contributed by atoms with Crippen molar-refractivity contribution in [3.63, 3.8) is 0 Å². The van der Waals surface area contributed by atoms with Crippen molar-refractivity contribution in [2.24, 2.45) is 5.92 Å². The first kappa shape index (κ1) is 15.9. The van der Waals surface area contributed by atoms with Gasteiger partial charge in [0, 0.05) is 12.7 Å². The number of nitrogens with zero attached hydrogens (tertiary/aromatic N) is 1. The van der Waals surface area contributed by atoms with E-state index in [0.29, 0.717) is 18.2 Å². The van der Waals surface area contributed by atoms with E-state index in [9.17, 15) is 9.59 Å². The Labute approximate surface area is 118 Å². The number of carbonyl (C=O) groups is 2. The molecule has 20 heavy (non-hydrogen) atoms. The number of aromatic nitrogens is 1. The van der Waals surface area contributed by atoms with Crippen LogP contribution in [0.2, 0.25) is 0 Å². The predicted octanol–water partition coefficient (Wildman–Crippen LogP) is 2.73. The van der Waals surface area contributed by atoms with Crippen molar-refractivity contribution in [2.45, 2.75) is 33.1 Å². The third kappa shape index (κ3) is 6.17. The maximum atomic E-state index is 11.6. The molecule has 1 aromatic rings. The molecule has 0 aromatic carbocycles. The Balaban J connectivity index is 2.32. The van der Waals surface area contributed by atoms with Crippen LogP contribution in [0.15, 0.2) is 18.5 Å². The molecule has 0 fully saturated rings. The van der Waals surface area contributed by atoms with Crippen LogP contribution >= 0.6 is 0 Å². The van der Waals surface area contributed by atoms with Crippen molar-refractivity contribution in [3.05, 3.63) is 24.0 Å². The van der Waals surface area contributed by atoms with Crippen molar-refractivity contribution in [1.29, 1.82) is 0 Å². The average Bonchev–Trinajstić information content (AvgIpc) is 2.38. The second-order valence-electron chi connectivity index (χ2n) is 5.04. The highest BCUT2D eigenvalue weighted by molar-refractivity contribution is 5.92. The Bertz CT molecular complexity index is 461. The molecule has 0 saturated heterocycles. The van der Waals surface area contributed by atoms with Gasteiger partial charge in [0.25, 0.3) is 0 Å². The van der Waals surface area contributed by atoms with Crippen molar-refractivity contribution in [2.75, 3.05) is 11.9 Å². The minimum atomic E-state index is -1.07. The summed E-state index contributed by atoms with van der Waals surface area (Å²) in [6.45, 7) is 4.94. The fourth-order valence-corrected chi connectivity index (χ4v) is 1.68. The Morgan fingerprint density at radius 3 is 2.70 bits per heavy atom. The number of hydrogen-bond donors (Lipinski definition) is 3. The number of carboxylic acids is 1. The number of unbranched alkanes of at least 4 members (excludes halogenated alkanes) is 1. The molecular weight excluding hydrogens is 258 g/mol. The summed E-state index contributed by atoms with van der Waals surface area (Å²) in [5.74, 6) is -0.399. The van der Waals surface area contributed by atoms with E-state index < -0.39 is 5.97 Å². The third-order valence-electron chi connectivity index (χ3n) is 2.74. The Kier molecular flexibility index (Phi) is 6.49. The van der Waals surface area contributed by atoms with Crippen LogP contribution in [-0.2, 0) is 0 Å². The van der Waals surface area contributed by atoms with Crippen LogP contribution in [0, 0.1) is 5.92 Å². The van der Waals surface area contributed by atoms with E-state index in [1.807, 2.05) is 0 Å². The smallest absolute Gasteiger partial charge is 0.337 e. The molecule has 0 spiro atoms. The van der Waals surface area contributed by atoms with Crippen LogP contribution in [0.5, 0.6) is 0 Å². The summed E-state index contributed by atoms with van der Waals surface area (Å²) in [4.78, 5) is 26.1. The minimum absolute atomic E-state index is 0.0414. The number of amides is 2. The molecule has 0 radical (unpaired) electrons. The molecule has 0 unspecified atom stereocenters. The van der Waals surface area contributed by atoms with Crippen LogP contribution in [-0.4, -0.2) is 28.6 Å². The van der Waals surface area contributed by atoms with E-state index >= 15 is 0 Å². The number of anilines is 1. The summed E-state index contributed by atoms with van der Waals surface area (Å²) in [6, 6.07) is 1.02. The van der Waals surface area contributed by atoms with Gasteiger partial charge in [-0.2, -0.15) is 0 Å². The van der Waals surface area contributed by atoms with Crippen LogP contribution in [0.4, 0.5) is 10.5 Å². The van der Waals surface area contributed by atoms with Gasteiger partial charge in [-0.15, -0.1) is 0 Å². The second kappa shape index (κ2) is 8.14. The van der Waals surface area contributed by atoms with Gasteiger partial charge in [-0.05, 0) is 18.4 Å². The maximum Gasteiger partial charge on any atom is 0.337 e. The SMILES string of the molecule is CC(C)CCCCNC(=O)Nc1cncc(C(=O)O)c1. The van der Waals surface area contributed by atoms with Gasteiger partial charge in [0.05, 0.1) is 17.4 Å². The third-order valence-corrected chi connectivity index (χ3v) is 2.74. The maximum absolute atomic E-state index is 11.6. The standard InChI is InChI=1S/C14H21N3O3/c1-10(2)5-3-4-6-16-14(20)17-12-7-11(13(18)19)8-15-9-12/h7-10H,3-6H2,1-2H3,(H,18,19)(H2,16,17,20). The summed E-state index contributed by atoms with van der Waals surface area (Å²) < 4.78 is 0. The molecule has 0 aliphatic carbocycles. The fourth-order valence-electron chi connectivity index (χ4n) is 1.68. The molecular formula is C14H21N3O3. The number of urea groups is 1. The highest BCUT2D eigenvalue weighted by Crippen LogP contribution is 2.08. The molecule has 0 saturated carbocycles. The summed E-state index contributed by atoms with van der Waals surface area (Å²) in [7, 11) is 0. The van der Waals surface area contributed by atoms with Gasteiger partial charge in [0.1, 0.15) is 0 Å². The highest BCUT2D eigenvalue weighted by atomic mass is 16.4. The summed E-state index contributed by atoms with van der Waals surface area (Å²) in [5, 5.41) is 14.1. The second-order valence-corrected chi connectivity index (χ2v) is 5.04. The molecule has 6 heteroatoms. The van der Waals surface area contributed by atoms with Crippen LogP contribution in [0.25, 0.3) is 0 Å². The minimum Gasteiger partial charge on any atom is -0.478 e. The molecule has 110 valence electrons. The first-order valence-corrected chi connectivity index (χ1v) is 6.72.